The van der Waals surface area contributed by atoms with Crippen LogP contribution in [-0.4, -0.2) is 49.0 Å². The average Bonchev–Trinajstić information content (AvgIpc) is 3.16. The van der Waals surface area contributed by atoms with Crippen LogP contribution < -0.4 is 16.4 Å². The van der Waals surface area contributed by atoms with Crippen LogP contribution in [0.25, 0.3) is 0 Å². The Hall–Kier alpha value is -2.39. The molecular formula is C18H24N4O4S. The molecule has 9 heteroatoms. The predicted molar refractivity (Wildman–Crippen MR) is 101 cm³/mol. The standard InChI is InChI=1S/C18H24N4O4S/c1-2-26-17(24)14-12(10-22-7-5-11(6-8-22)16(19)23)20-18(25)21-15(14)13-4-3-9-27-13/h3-4,9,11,15H,2,5-8,10H2,1H3,(H2,19,23)(H2,20,21,25). The van der Waals surface area contributed by atoms with Crippen LogP contribution in [0.2, 0.25) is 0 Å². The second-order valence-electron chi connectivity index (χ2n) is 6.61. The Balaban J connectivity index is 1.85. The summed E-state index contributed by atoms with van der Waals surface area (Å²) in [6, 6.07) is 2.89. The van der Waals surface area contributed by atoms with Crippen molar-refractivity contribution in [2.45, 2.75) is 25.8 Å². The Kier molecular flexibility index (Phi) is 6.12. The molecule has 0 bridgehead atoms. The van der Waals surface area contributed by atoms with Crippen LogP contribution in [-0.2, 0) is 14.3 Å². The first-order valence-corrected chi connectivity index (χ1v) is 9.90. The average molecular weight is 392 g/mol. The van der Waals surface area contributed by atoms with Crippen molar-refractivity contribution in [1.29, 1.82) is 0 Å². The van der Waals surface area contributed by atoms with Crippen molar-refractivity contribution < 1.29 is 19.1 Å². The Morgan fingerprint density at radius 1 is 1.37 bits per heavy atom. The smallest absolute Gasteiger partial charge is 0.338 e. The Morgan fingerprint density at radius 2 is 2.11 bits per heavy atom. The number of nitrogens with two attached hydrogens (primary N) is 1. The van der Waals surface area contributed by atoms with Crippen LogP contribution in [0.4, 0.5) is 4.79 Å². The highest BCUT2D eigenvalue weighted by Crippen LogP contribution is 2.31. The molecule has 0 saturated carbocycles. The molecule has 8 nitrogen and oxygen atoms in total. The molecule has 1 unspecified atom stereocenters. The molecule has 1 aromatic heterocycles. The van der Waals surface area contributed by atoms with Crippen LogP contribution in [0.3, 0.4) is 0 Å². The zero-order valence-electron chi connectivity index (χ0n) is 15.2. The number of esters is 1. The number of carbonyl (C=O) groups is 3. The molecule has 1 fully saturated rings. The maximum Gasteiger partial charge on any atom is 0.338 e. The lowest BCUT2D eigenvalue weighted by molar-refractivity contribution is -0.139. The van der Waals surface area contributed by atoms with Gasteiger partial charge >= 0.3 is 12.0 Å². The highest BCUT2D eigenvalue weighted by atomic mass is 32.1. The normalized spacial score (nSPS) is 21.5. The molecule has 146 valence electrons. The van der Waals surface area contributed by atoms with E-state index in [0.29, 0.717) is 43.7 Å². The van der Waals surface area contributed by atoms with Gasteiger partial charge in [-0.25, -0.2) is 9.59 Å². The van der Waals surface area contributed by atoms with Gasteiger partial charge in [0.25, 0.3) is 0 Å². The number of ether oxygens (including phenoxy) is 1. The van der Waals surface area contributed by atoms with Crippen molar-refractivity contribution in [3.05, 3.63) is 33.7 Å². The number of thiophene rings is 1. The van der Waals surface area contributed by atoms with Crippen molar-refractivity contribution in [3.8, 4) is 0 Å². The molecule has 3 amide bonds. The Bertz CT molecular complexity index is 739. The minimum atomic E-state index is -0.532. The summed E-state index contributed by atoms with van der Waals surface area (Å²) >= 11 is 1.47. The van der Waals surface area contributed by atoms with Gasteiger partial charge in [0.1, 0.15) is 0 Å². The number of piperidine rings is 1. The summed E-state index contributed by atoms with van der Waals surface area (Å²) in [5.41, 5.74) is 6.37. The van der Waals surface area contributed by atoms with Crippen LogP contribution in [0.5, 0.6) is 0 Å². The van der Waals surface area contributed by atoms with Crippen molar-refractivity contribution in [1.82, 2.24) is 15.5 Å². The number of nitrogens with zero attached hydrogens (tertiary/aromatic N) is 1. The molecule has 3 rings (SSSR count). The maximum atomic E-state index is 12.7. The zero-order chi connectivity index (χ0) is 19.4. The summed E-state index contributed by atoms with van der Waals surface area (Å²) in [5.74, 6) is -0.819. The molecule has 3 heterocycles. The number of amides is 3. The first-order chi connectivity index (χ1) is 13.0. The fourth-order valence-electron chi connectivity index (χ4n) is 3.46. The molecule has 4 N–H and O–H groups in total. The Labute approximate surface area is 161 Å². The van der Waals surface area contributed by atoms with Crippen LogP contribution in [0, 0.1) is 5.92 Å². The second kappa shape index (κ2) is 8.53. The monoisotopic (exact) mass is 392 g/mol. The number of nitrogens with one attached hydrogen (secondary N) is 2. The van der Waals surface area contributed by atoms with Gasteiger partial charge < -0.3 is 21.1 Å². The topological polar surface area (TPSA) is 114 Å². The predicted octanol–water partition coefficient (Wildman–Crippen LogP) is 1.12. The first-order valence-electron chi connectivity index (χ1n) is 9.02. The quantitative estimate of drug-likeness (QED) is 0.628. The highest BCUT2D eigenvalue weighted by Gasteiger charge is 2.35. The van der Waals surface area contributed by atoms with Crippen molar-refractivity contribution in [3.63, 3.8) is 0 Å². The number of hydrogen-bond acceptors (Lipinski definition) is 6. The Morgan fingerprint density at radius 3 is 2.70 bits per heavy atom. The third-order valence-electron chi connectivity index (χ3n) is 4.85. The minimum absolute atomic E-state index is 0.110. The van der Waals surface area contributed by atoms with Gasteiger partial charge in [-0.1, -0.05) is 6.07 Å². The van der Waals surface area contributed by atoms with Crippen LogP contribution in [0.1, 0.15) is 30.7 Å². The molecule has 1 saturated heterocycles. The molecule has 1 aromatic rings. The van der Waals surface area contributed by atoms with E-state index in [-0.39, 0.29) is 24.5 Å². The van der Waals surface area contributed by atoms with E-state index in [9.17, 15) is 14.4 Å². The maximum absolute atomic E-state index is 12.7. The van der Waals surface area contributed by atoms with Crippen LogP contribution in [0.15, 0.2) is 28.8 Å². The molecular weight excluding hydrogens is 368 g/mol. The SMILES string of the molecule is CCOC(=O)C1=C(CN2CCC(C(N)=O)CC2)NC(=O)NC1c1cccs1. The number of carbonyl (C=O) groups excluding carboxylic acids is 3. The largest absolute Gasteiger partial charge is 0.463 e. The summed E-state index contributed by atoms with van der Waals surface area (Å²) in [6.07, 6.45) is 1.36. The summed E-state index contributed by atoms with van der Waals surface area (Å²) in [4.78, 5) is 39.2. The number of likely N-dealkylation sites (tertiary alicyclic amines) is 1. The van der Waals surface area contributed by atoms with Gasteiger partial charge in [-0.05, 0) is 44.3 Å². The molecule has 27 heavy (non-hydrogen) atoms. The number of rotatable bonds is 6. The van der Waals surface area contributed by atoms with Crippen LogP contribution >= 0.6 is 11.3 Å². The molecule has 2 aliphatic rings. The molecule has 1 atom stereocenters. The fraction of sp³-hybridized carbons (Fsp3) is 0.500. The molecule has 0 spiro atoms. The zero-order valence-corrected chi connectivity index (χ0v) is 16.0. The third kappa shape index (κ3) is 4.48. The van der Waals surface area contributed by atoms with E-state index in [1.54, 1.807) is 6.92 Å². The minimum Gasteiger partial charge on any atom is -0.463 e. The molecule has 0 radical (unpaired) electrons. The third-order valence-corrected chi connectivity index (χ3v) is 5.79. The summed E-state index contributed by atoms with van der Waals surface area (Å²) in [5, 5.41) is 7.50. The lowest BCUT2D eigenvalue weighted by Crippen LogP contribution is -2.49. The van der Waals surface area contributed by atoms with Gasteiger partial charge in [-0.15, -0.1) is 11.3 Å². The summed E-state index contributed by atoms with van der Waals surface area (Å²) < 4.78 is 5.25. The molecule has 0 aliphatic carbocycles. The lowest BCUT2D eigenvalue weighted by atomic mass is 9.95. The van der Waals surface area contributed by atoms with Crippen molar-refractivity contribution in [2.75, 3.05) is 26.2 Å². The van der Waals surface area contributed by atoms with Gasteiger partial charge in [0.05, 0.1) is 18.2 Å². The van der Waals surface area contributed by atoms with E-state index in [1.807, 2.05) is 17.5 Å². The fourth-order valence-corrected chi connectivity index (χ4v) is 4.24. The summed E-state index contributed by atoms with van der Waals surface area (Å²) in [7, 11) is 0. The lowest BCUT2D eigenvalue weighted by Gasteiger charge is -2.34. The van der Waals surface area contributed by atoms with E-state index in [2.05, 4.69) is 15.5 Å². The van der Waals surface area contributed by atoms with E-state index in [4.69, 9.17) is 10.5 Å². The van der Waals surface area contributed by atoms with Gasteiger partial charge in [0.15, 0.2) is 0 Å². The molecule has 2 aliphatic heterocycles. The first kappa shape index (κ1) is 19.4. The molecule has 0 aromatic carbocycles. The summed E-state index contributed by atoms with van der Waals surface area (Å²) in [6.45, 7) is 3.78. The number of primary amides is 1. The van der Waals surface area contributed by atoms with E-state index in [1.165, 1.54) is 11.3 Å². The number of hydrogen-bond donors (Lipinski definition) is 3. The highest BCUT2D eigenvalue weighted by molar-refractivity contribution is 7.10. The van der Waals surface area contributed by atoms with Crippen molar-refractivity contribution in [2.24, 2.45) is 11.7 Å². The van der Waals surface area contributed by atoms with E-state index >= 15 is 0 Å². The van der Waals surface area contributed by atoms with Gasteiger partial charge in [0, 0.05) is 23.0 Å². The second-order valence-corrected chi connectivity index (χ2v) is 7.59. The van der Waals surface area contributed by atoms with E-state index < -0.39 is 12.0 Å². The van der Waals surface area contributed by atoms with E-state index in [0.717, 1.165) is 4.88 Å². The number of urea groups is 1. The van der Waals surface area contributed by atoms with Gasteiger partial charge in [0.2, 0.25) is 5.91 Å². The van der Waals surface area contributed by atoms with Gasteiger partial charge in [-0.2, -0.15) is 0 Å². The van der Waals surface area contributed by atoms with Gasteiger partial charge in [-0.3, -0.25) is 9.69 Å². The van der Waals surface area contributed by atoms with Crippen molar-refractivity contribution >= 4 is 29.2 Å².